The second-order valence-corrected chi connectivity index (χ2v) is 31.1. The monoisotopic (exact) mass is 1800 g/mol. The number of aliphatic hydroxyl groups is 12. The fraction of sp³-hybridized carbons (Fsp3) is 0.667. The largest absolute Gasteiger partial charge is 0.508 e. The molecule has 27 atom stereocenters. The molecule has 45 nitrogen and oxygen atoms in total. The lowest BCUT2D eigenvalue weighted by molar-refractivity contribution is -0.339. The molecule has 2 aromatic carbocycles. The molecule has 4 saturated heterocycles. The summed E-state index contributed by atoms with van der Waals surface area (Å²) in [5, 5.41) is 174. The zero-order chi connectivity index (χ0) is 94.1. The lowest BCUT2D eigenvalue weighted by atomic mass is 9.96. The number of phenols is 2. The van der Waals surface area contributed by atoms with E-state index < -0.39 is 294 Å². The van der Waals surface area contributed by atoms with Gasteiger partial charge in [-0.2, -0.15) is 0 Å². The number of nitrogens with two attached hydrogens (primary N) is 1. The Morgan fingerprint density at radius 3 is 1.73 bits per heavy atom. The molecule has 4 aliphatic rings. The quantitative estimate of drug-likeness (QED) is 0.0134. The number of allylic oxidation sites excluding steroid dienone is 1. The number of nitrogens with zero attached hydrogens (tertiary/aromatic N) is 1. The van der Waals surface area contributed by atoms with E-state index in [1.165, 1.54) is 62.4 Å². The number of phenolic OH excluding ortho intramolecular Hbond substituents is 2. The Kier molecular flexibility index (Phi) is 44.6. The molecule has 0 radical (unpaired) electrons. The maximum Gasteiger partial charge on any atom is 0.329 e. The number of ether oxygens (including phenoxy) is 7. The number of hydrogen-bond donors (Lipinski definition) is 24. The van der Waals surface area contributed by atoms with E-state index in [1.54, 1.807) is 0 Å². The van der Waals surface area contributed by atoms with E-state index in [1.807, 2.05) is 0 Å². The summed E-state index contributed by atoms with van der Waals surface area (Å²) in [4.78, 5) is 182. The first-order chi connectivity index (χ1) is 59.6. The van der Waals surface area contributed by atoms with Gasteiger partial charge in [-0.25, -0.2) is 4.79 Å². The SMILES string of the molecule is C/C=C1\NC(=O)[C@@H](Cc2ccc(O)cc2)NC(=O)[C@H]([C@H](C)O)NC(=O)[C@@H](NC(=O)C(NC(=O)C(O)C(CCCCCCCCCCC)O[C@@H]2OC[C@@H](O)[C@@H](O[C@H]3O[C@@H](CO)[C@H](O)[C@@H](O)[C@@H]3NC(C)=O)[C@@H]2O)C(C)O)[C@@H](C)OC(=O)[C@H](Cc2ccc(O)cc2)NC(=O)C(C(C)O[C@@H]2O[C@@H](CO)[C@H](O)[C@@H](O)[C@H]2O)N(C)C(=O)CNC(=O)[C@@H](CCC(N)=O)NC1=O.CC=O. The van der Waals surface area contributed by atoms with Crippen molar-refractivity contribution in [2.45, 2.75) is 310 Å². The van der Waals surface area contributed by atoms with Crippen molar-refractivity contribution in [3.63, 3.8) is 0 Å². The van der Waals surface area contributed by atoms with Crippen LogP contribution in [-0.4, -0.2) is 352 Å². The summed E-state index contributed by atoms with van der Waals surface area (Å²) in [7, 11) is 0.992. The smallest absolute Gasteiger partial charge is 0.329 e. The van der Waals surface area contributed by atoms with Crippen molar-refractivity contribution in [2.75, 3.05) is 33.4 Å². The summed E-state index contributed by atoms with van der Waals surface area (Å²) in [5.74, 6) is -15.9. The third-order valence-electron chi connectivity index (χ3n) is 21.2. The van der Waals surface area contributed by atoms with Gasteiger partial charge in [0.05, 0.1) is 50.8 Å². The molecule has 126 heavy (non-hydrogen) atoms. The number of rotatable bonds is 34. The second-order valence-electron chi connectivity index (χ2n) is 31.1. The maximum absolute atomic E-state index is 15.4. The van der Waals surface area contributed by atoms with E-state index in [0.717, 1.165) is 92.6 Å². The van der Waals surface area contributed by atoms with Crippen LogP contribution in [0.25, 0.3) is 0 Å². The molecule has 0 spiro atoms. The molecule has 0 saturated carbocycles. The number of aromatic hydroxyl groups is 2. The number of aldehydes is 1. The number of unbranched alkanes of at least 4 members (excludes halogenated alkanes) is 8. The molecule has 4 heterocycles. The minimum absolute atomic E-state index is 0.133. The molecule has 2 aromatic rings. The second kappa shape index (κ2) is 52.6. The molecule has 4 aliphatic heterocycles. The van der Waals surface area contributed by atoms with Crippen molar-refractivity contribution in [1.82, 2.24) is 52.8 Å². The van der Waals surface area contributed by atoms with E-state index in [4.69, 9.17) is 43.7 Å². The molecule has 6 rings (SSSR count). The Morgan fingerprint density at radius 2 is 1.19 bits per heavy atom. The number of aliphatic hydroxyl groups excluding tert-OH is 12. The molecule has 11 amide bonds. The Hall–Kier alpha value is -9.63. The average Bonchev–Trinajstić information content (AvgIpc) is 0.835. The van der Waals surface area contributed by atoms with Crippen molar-refractivity contribution in [3.05, 3.63) is 71.4 Å². The summed E-state index contributed by atoms with van der Waals surface area (Å²) in [6, 6.07) is -6.20. The molecule has 6 unspecified atom stereocenters. The molecule has 0 bridgehead atoms. The van der Waals surface area contributed by atoms with E-state index in [9.17, 15) is 110 Å². The van der Waals surface area contributed by atoms with Gasteiger partial charge >= 0.3 is 5.97 Å². The topological polar surface area (TPSA) is 707 Å². The lowest BCUT2D eigenvalue weighted by Gasteiger charge is -2.46. The standard InChI is InChI=1S/C79H121N11O33.C2H4O/c1-9-11-12-13-14-15-16-17-18-19-50(120-78-66(107)67(49(98)35-117-78)123-77-58(82-40(7)95)63(104)60(101)51(33-91)121-77)62(103)75(115)88-56(37(4)94)72(112)89-57-38(5)118-76(116)48(31-42-22-26-44(97)27-23-42)86-74(114)59(39(6)119-79-65(106)64(105)61(102)52(34-92)122-79)90(8)54(100)32-81-68(108)46(28-29-53(80)99)84-69(109)45(10-2)83-70(110)47(30-41-20-24-43(96)25-21-41)85-71(111)55(36(3)93)87-73(57)113;1-2-3/h10,20-27,36-39,46-52,55-67,77-79,91-94,96-98,101-107H,9,11-19,28-35H2,1-8H3,(H2,80,99)(H,81,108)(H,82,95)(H,83,110)(H,84,109)(H,85,111)(H,86,114)(H,87,113)(H,88,115)(H,89,112);2H,1H3/b45-10-;/t36-,37?,38+,39?,46+,47+,48-,49+,50?,51-,52-,55-,56?,57-,58-,59?,60-,61-,62?,63-,64+,65+,66-,67+,77+,78-,79+;/m0./s1. The summed E-state index contributed by atoms with van der Waals surface area (Å²) in [6.45, 7) is 6.31. The number of carbonyl (C=O) groups excluding carboxylic acids is 13. The fourth-order valence-corrected chi connectivity index (χ4v) is 14.0. The number of cyclic esters (lactones) is 1. The van der Waals surface area contributed by atoms with Gasteiger partial charge in [-0.1, -0.05) is 95.1 Å². The molecular weight excluding hydrogens is 1670 g/mol. The number of esters is 1. The summed E-state index contributed by atoms with van der Waals surface area (Å²) >= 11 is 0. The predicted octanol–water partition coefficient (Wildman–Crippen LogP) is -7.79. The van der Waals surface area contributed by atoms with E-state index >= 15 is 19.2 Å². The normalized spacial score (nSPS) is 30.2. The van der Waals surface area contributed by atoms with Crippen LogP contribution in [-0.2, 0) is 108 Å². The summed E-state index contributed by atoms with van der Waals surface area (Å²) in [6.07, 6.45) is -29.9. The van der Waals surface area contributed by atoms with Crippen LogP contribution in [0.4, 0.5) is 0 Å². The molecule has 0 aliphatic carbocycles. The van der Waals surface area contributed by atoms with Gasteiger partial charge in [0.1, 0.15) is 139 Å². The van der Waals surface area contributed by atoms with Crippen LogP contribution in [0, 0.1) is 0 Å². The third-order valence-corrected chi connectivity index (χ3v) is 21.2. The zero-order valence-corrected chi connectivity index (χ0v) is 71.5. The Balaban J connectivity index is 0.00000925. The van der Waals surface area contributed by atoms with Gasteiger partial charge in [0, 0.05) is 33.2 Å². The van der Waals surface area contributed by atoms with Crippen LogP contribution in [0.3, 0.4) is 0 Å². The van der Waals surface area contributed by atoms with Crippen molar-refractivity contribution in [3.8, 4) is 11.5 Å². The minimum atomic E-state index is -2.41. The van der Waals surface area contributed by atoms with Gasteiger partial charge in [0.2, 0.25) is 53.2 Å². The Morgan fingerprint density at radius 1 is 0.643 bits per heavy atom. The first-order valence-electron chi connectivity index (χ1n) is 41.5. The first kappa shape index (κ1) is 107. The summed E-state index contributed by atoms with van der Waals surface area (Å²) in [5.41, 5.74) is 5.19. The predicted molar refractivity (Wildman–Crippen MR) is 435 cm³/mol. The van der Waals surface area contributed by atoms with Crippen molar-refractivity contribution in [2.24, 2.45) is 5.73 Å². The Bertz CT molecular complexity index is 3910. The number of amides is 11. The highest BCUT2D eigenvalue weighted by Gasteiger charge is 2.52. The number of primary amides is 1. The summed E-state index contributed by atoms with van der Waals surface area (Å²) < 4.78 is 40.9. The van der Waals surface area contributed by atoms with E-state index in [2.05, 4.69) is 54.8 Å². The molecule has 45 heteroatoms. The van der Waals surface area contributed by atoms with Gasteiger partial charge in [0.25, 0.3) is 11.8 Å². The number of likely N-dealkylation sites (N-methyl/N-ethyl adjacent to an activating group) is 1. The van der Waals surface area contributed by atoms with Crippen molar-refractivity contribution in [1.29, 1.82) is 0 Å². The molecule has 708 valence electrons. The average molecular weight is 1800 g/mol. The van der Waals surface area contributed by atoms with Crippen LogP contribution in [0.5, 0.6) is 11.5 Å². The molecular formula is C81H125N11O34. The van der Waals surface area contributed by atoms with Gasteiger partial charge in [0.15, 0.2) is 25.0 Å². The minimum Gasteiger partial charge on any atom is -0.508 e. The van der Waals surface area contributed by atoms with Crippen LogP contribution >= 0.6 is 0 Å². The highest BCUT2D eigenvalue weighted by Crippen LogP contribution is 2.31. The van der Waals surface area contributed by atoms with Gasteiger partial charge in [-0.3, -0.25) is 52.7 Å². The maximum atomic E-state index is 15.4. The molecule has 0 aromatic heterocycles. The van der Waals surface area contributed by atoms with Crippen molar-refractivity contribution >= 4 is 77.2 Å². The van der Waals surface area contributed by atoms with Crippen LogP contribution in [0.2, 0.25) is 0 Å². The van der Waals surface area contributed by atoms with Crippen LogP contribution in [0.1, 0.15) is 144 Å². The highest BCUT2D eigenvalue weighted by atomic mass is 16.7. The number of carbonyl (C=O) groups is 13. The van der Waals surface area contributed by atoms with Gasteiger partial charge in [-0.05, 0) is 89.8 Å². The zero-order valence-electron chi connectivity index (χ0n) is 71.5. The number of benzene rings is 2. The van der Waals surface area contributed by atoms with Crippen LogP contribution in [0.15, 0.2) is 60.3 Å². The third kappa shape index (κ3) is 32.0. The van der Waals surface area contributed by atoms with Crippen LogP contribution < -0.4 is 53.6 Å². The molecule has 4 fully saturated rings. The van der Waals surface area contributed by atoms with Crippen molar-refractivity contribution < 1.29 is 167 Å². The lowest BCUT2D eigenvalue weighted by Crippen LogP contribution is -2.67. The number of hydrogen-bond acceptors (Lipinski definition) is 34. The van der Waals surface area contributed by atoms with Gasteiger partial charge < -0.3 is 168 Å². The molecule has 25 N–H and O–H groups in total. The number of nitrogens with one attached hydrogen (secondary N) is 9. The van der Waals surface area contributed by atoms with E-state index in [-0.39, 0.29) is 35.5 Å². The fourth-order valence-electron chi connectivity index (χ4n) is 14.0. The first-order valence-corrected chi connectivity index (χ1v) is 41.5. The van der Waals surface area contributed by atoms with Gasteiger partial charge in [-0.15, -0.1) is 0 Å². The highest BCUT2D eigenvalue weighted by molar-refractivity contribution is 6.02. The van der Waals surface area contributed by atoms with E-state index in [0.29, 0.717) is 17.7 Å². The Labute approximate surface area is 726 Å².